The van der Waals surface area contributed by atoms with Crippen molar-refractivity contribution >= 4 is 22.9 Å². The Hall–Kier alpha value is -1.88. The second-order valence-electron chi connectivity index (χ2n) is 5.45. The number of nitrogens with one attached hydrogen (secondary N) is 1. The Bertz CT molecular complexity index is 649. The lowest BCUT2D eigenvalue weighted by molar-refractivity contribution is 0.103. The van der Waals surface area contributed by atoms with Crippen LogP contribution in [0.5, 0.6) is 5.88 Å². The summed E-state index contributed by atoms with van der Waals surface area (Å²) in [6.45, 7) is 2.27. The van der Waals surface area contributed by atoms with Crippen LogP contribution in [0.1, 0.15) is 33.5 Å². The number of methoxy groups -OCH3 is 1. The lowest BCUT2D eigenvalue weighted by atomic mass is 9.90. The van der Waals surface area contributed by atoms with Gasteiger partial charge in [0.15, 0.2) is 0 Å². The van der Waals surface area contributed by atoms with Gasteiger partial charge in [-0.25, -0.2) is 4.98 Å². The first-order chi connectivity index (χ1) is 10.2. The van der Waals surface area contributed by atoms with Gasteiger partial charge >= 0.3 is 0 Å². The maximum atomic E-state index is 12.3. The van der Waals surface area contributed by atoms with Gasteiger partial charge in [0, 0.05) is 10.9 Å². The number of carbonyl (C=O) groups excluding carboxylic acids is 1. The van der Waals surface area contributed by atoms with Crippen LogP contribution in [0.25, 0.3) is 0 Å². The minimum atomic E-state index is -0.0611. The van der Waals surface area contributed by atoms with Crippen LogP contribution in [0.3, 0.4) is 0 Å². The van der Waals surface area contributed by atoms with Crippen LogP contribution < -0.4 is 10.1 Å². The monoisotopic (exact) mass is 302 g/mol. The van der Waals surface area contributed by atoms with Crippen molar-refractivity contribution in [2.45, 2.75) is 26.2 Å². The Morgan fingerprint density at radius 3 is 3.05 bits per heavy atom. The minimum Gasteiger partial charge on any atom is -0.481 e. The van der Waals surface area contributed by atoms with E-state index in [0.717, 1.165) is 17.7 Å². The van der Waals surface area contributed by atoms with E-state index in [1.807, 2.05) is 6.07 Å². The molecule has 0 aliphatic heterocycles. The molecule has 1 N–H and O–H groups in total. The molecule has 0 bridgehead atoms. The van der Waals surface area contributed by atoms with Gasteiger partial charge in [-0.1, -0.05) is 6.92 Å². The predicted octanol–water partition coefficient (Wildman–Crippen LogP) is 3.53. The summed E-state index contributed by atoms with van der Waals surface area (Å²) in [7, 11) is 1.57. The van der Waals surface area contributed by atoms with Crippen molar-refractivity contribution in [3.63, 3.8) is 0 Å². The molecular weight excluding hydrogens is 284 g/mol. The summed E-state index contributed by atoms with van der Waals surface area (Å²) >= 11 is 1.62. The number of fused-ring (bicyclic) bond motifs is 1. The summed E-state index contributed by atoms with van der Waals surface area (Å²) < 4.78 is 5.00. The first kappa shape index (κ1) is 14.1. The zero-order valence-corrected chi connectivity index (χ0v) is 13.0. The molecule has 2 heterocycles. The molecule has 0 saturated heterocycles. The number of aryl methyl sites for hydroxylation is 1. The third-order valence-corrected chi connectivity index (χ3v) is 4.99. The number of aromatic nitrogens is 1. The van der Waals surface area contributed by atoms with E-state index in [1.165, 1.54) is 16.9 Å². The van der Waals surface area contributed by atoms with Crippen molar-refractivity contribution in [1.82, 2.24) is 4.98 Å². The van der Waals surface area contributed by atoms with Crippen LogP contribution in [-0.4, -0.2) is 18.0 Å². The summed E-state index contributed by atoms with van der Waals surface area (Å²) in [5.41, 5.74) is 2.03. The zero-order chi connectivity index (χ0) is 14.8. The van der Waals surface area contributed by atoms with Gasteiger partial charge in [0.2, 0.25) is 5.88 Å². The van der Waals surface area contributed by atoms with E-state index in [2.05, 4.69) is 17.2 Å². The van der Waals surface area contributed by atoms with Crippen molar-refractivity contribution in [2.24, 2.45) is 5.92 Å². The number of ether oxygens (including phenoxy) is 1. The second-order valence-corrected chi connectivity index (χ2v) is 6.59. The molecule has 0 spiro atoms. The maximum Gasteiger partial charge on any atom is 0.265 e. The Kier molecular flexibility index (Phi) is 3.92. The Morgan fingerprint density at radius 1 is 1.48 bits per heavy atom. The Labute approximate surface area is 128 Å². The van der Waals surface area contributed by atoms with Crippen molar-refractivity contribution in [2.75, 3.05) is 12.4 Å². The fraction of sp³-hybridized carbons (Fsp3) is 0.375. The van der Waals surface area contributed by atoms with Crippen LogP contribution in [0.15, 0.2) is 24.4 Å². The number of pyridine rings is 1. The van der Waals surface area contributed by atoms with Crippen molar-refractivity contribution in [3.8, 4) is 5.88 Å². The highest BCUT2D eigenvalue weighted by molar-refractivity contribution is 7.14. The van der Waals surface area contributed by atoms with Crippen LogP contribution in [0.4, 0.5) is 5.69 Å². The molecule has 21 heavy (non-hydrogen) atoms. The maximum absolute atomic E-state index is 12.3. The number of amides is 1. The molecule has 1 atom stereocenters. The smallest absolute Gasteiger partial charge is 0.265 e. The molecule has 1 unspecified atom stereocenters. The molecule has 3 rings (SSSR count). The van der Waals surface area contributed by atoms with Crippen molar-refractivity contribution < 1.29 is 9.53 Å². The van der Waals surface area contributed by atoms with E-state index < -0.39 is 0 Å². The summed E-state index contributed by atoms with van der Waals surface area (Å²) in [6.07, 6.45) is 5.00. The van der Waals surface area contributed by atoms with Gasteiger partial charge in [0.05, 0.1) is 23.9 Å². The Morgan fingerprint density at radius 2 is 2.33 bits per heavy atom. The number of rotatable bonds is 3. The van der Waals surface area contributed by atoms with Gasteiger partial charge in [0.1, 0.15) is 0 Å². The molecule has 2 aromatic rings. The molecule has 2 aromatic heterocycles. The first-order valence-electron chi connectivity index (χ1n) is 7.08. The third kappa shape index (κ3) is 3.08. The molecule has 1 amide bonds. The molecule has 5 heteroatoms. The topological polar surface area (TPSA) is 51.2 Å². The van der Waals surface area contributed by atoms with E-state index in [9.17, 15) is 4.79 Å². The van der Waals surface area contributed by atoms with E-state index in [4.69, 9.17) is 4.74 Å². The SMILES string of the molecule is COc1ccc(NC(=O)c2cc3c(s2)CCC(C)C3)cn1. The summed E-state index contributed by atoms with van der Waals surface area (Å²) in [5.74, 6) is 1.19. The fourth-order valence-electron chi connectivity index (χ4n) is 2.59. The van der Waals surface area contributed by atoms with Crippen molar-refractivity contribution in [3.05, 3.63) is 39.7 Å². The van der Waals surface area contributed by atoms with Gasteiger partial charge in [-0.2, -0.15) is 0 Å². The highest BCUT2D eigenvalue weighted by atomic mass is 32.1. The standard InChI is InChI=1S/C16H18N2O2S/c1-10-3-5-13-11(7-10)8-14(21-13)16(19)18-12-4-6-15(20-2)17-9-12/h4,6,8-10H,3,5,7H2,1-2H3,(H,18,19). The van der Waals surface area contributed by atoms with E-state index in [0.29, 0.717) is 17.5 Å². The number of thiophene rings is 1. The van der Waals surface area contributed by atoms with Crippen LogP contribution in [-0.2, 0) is 12.8 Å². The summed E-state index contributed by atoms with van der Waals surface area (Å²) in [5, 5.41) is 2.88. The molecule has 0 aromatic carbocycles. The second kappa shape index (κ2) is 5.85. The molecule has 0 radical (unpaired) electrons. The molecule has 4 nitrogen and oxygen atoms in total. The van der Waals surface area contributed by atoms with Crippen LogP contribution in [0, 0.1) is 5.92 Å². The highest BCUT2D eigenvalue weighted by Gasteiger charge is 2.20. The average Bonchev–Trinajstić information content (AvgIpc) is 2.91. The fourth-order valence-corrected chi connectivity index (χ4v) is 3.69. The van der Waals surface area contributed by atoms with Crippen LogP contribution >= 0.6 is 11.3 Å². The Balaban J connectivity index is 1.73. The first-order valence-corrected chi connectivity index (χ1v) is 7.90. The number of nitrogens with zero attached hydrogens (tertiary/aromatic N) is 1. The lowest BCUT2D eigenvalue weighted by Crippen LogP contribution is -2.10. The van der Waals surface area contributed by atoms with Gasteiger partial charge in [-0.3, -0.25) is 4.79 Å². The lowest BCUT2D eigenvalue weighted by Gasteiger charge is -2.16. The number of carbonyl (C=O) groups is 1. The highest BCUT2D eigenvalue weighted by Crippen LogP contribution is 2.32. The molecule has 1 aliphatic rings. The molecule has 0 fully saturated rings. The van der Waals surface area contributed by atoms with E-state index in [-0.39, 0.29) is 5.91 Å². The molecular formula is C16H18N2O2S. The summed E-state index contributed by atoms with van der Waals surface area (Å²) in [6, 6.07) is 5.57. The quantitative estimate of drug-likeness (QED) is 0.943. The molecule has 110 valence electrons. The van der Waals surface area contributed by atoms with Crippen LogP contribution in [0.2, 0.25) is 0 Å². The molecule has 1 aliphatic carbocycles. The molecule has 0 saturated carbocycles. The summed E-state index contributed by atoms with van der Waals surface area (Å²) in [4.78, 5) is 18.5. The van der Waals surface area contributed by atoms with E-state index >= 15 is 0 Å². The van der Waals surface area contributed by atoms with Gasteiger partial charge in [-0.15, -0.1) is 11.3 Å². The largest absolute Gasteiger partial charge is 0.481 e. The minimum absolute atomic E-state index is 0.0611. The zero-order valence-electron chi connectivity index (χ0n) is 12.2. The van der Waals surface area contributed by atoms with Crippen molar-refractivity contribution in [1.29, 1.82) is 0 Å². The average molecular weight is 302 g/mol. The van der Waals surface area contributed by atoms with E-state index in [1.54, 1.807) is 36.8 Å². The number of hydrogen-bond acceptors (Lipinski definition) is 4. The predicted molar refractivity (Wildman–Crippen MR) is 84.3 cm³/mol. The van der Waals surface area contributed by atoms with Gasteiger partial charge in [-0.05, 0) is 42.9 Å². The number of anilines is 1. The van der Waals surface area contributed by atoms with Gasteiger partial charge in [0.25, 0.3) is 5.91 Å². The number of hydrogen-bond donors (Lipinski definition) is 1. The normalized spacial score (nSPS) is 17.1. The van der Waals surface area contributed by atoms with Gasteiger partial charge < -0.3 is 10.1 Å². The third-order valence-electron chi connectivity index (χ3n) is 3.76.